The van der Waals surface area contributed by atoms with Crippen molar-refractivity contribution in [1.29, 1.82) is 0 Å². The summed E-state index contributed by atoms with van der Waals surface area (Å²) in [5.41, 5.74) is 1.53. The molecule has 0 spiro atoms. The third-order valence-electron chi connectivity index (χ3n) is 2.78. The minimum atomic E-state index is 0.593. The van der Waals surface area contributed by atoms with Gasteiger partial charge in [0.25, 0.3) is 0 Å². The fraction of sp³-hybridized carbons (Fsp3) is 0.267. The highest BCUT2D eigenvalue weighted by Crippen LogP contribution is 2.26. The van der Waals surface area contributed by atoms with Gasteiger partial charge in [-0.05, 0) is 43.5 Å². The molecule has 0 atom stereocenters. The lowest BCUT2D eigenvalue weighted by Gasteiger charge is -2.05. The highest BCUT2D eigenvalue weighted by Gasteiger charge is 2.08. The second-order valence-corrected chi connectivity index (χ2v) is 5.09. The maximum atomic E-state index is 10.8. The first-order valence-corrected chi connectivity index (χ1v) is 7.41. The minimum Gasteiger partial charge on any atom is -0.493 e. The molecular formula is C15H16O3S. The molecule has 0 aliphatic heterocycles. The molecule has 0 N–H and O–H groups in total. The molecule has 1 aromatic carbocycles. The van der Waals surface area contributed by atoms with Crippen LogP contribution >= 0.6 is 11.8 Å². The van der Waals surface area contributed by atoms with Crippen molar-refractivity contribution in [3.63, 3.8) is 0 Å². The fourth-order valence-electron chi connectivity index (χ4n) is 1.71. The van der Waals surface area contributed by atoms with Gasteiger partial charge < -0.3 is 9.15 Å². The number of aldehydes is 1. The summed E-state index contributed by atoms with van der Waals surface area (Å²) < 4.78 is 11.1. The molecule has 100 valence electrons. The zero-order valence-electron chi connectivity index (χ0n) is 11.0. The SMILES string of the molecule is CSCCOc1ccc(-c2cc(C=O)c(C)o2)cc1. The van der Waals surface area contributed by atoms with Gasteiger partial charge in [-0.25, -0.2) is 0 Å². The number of rotatable bonds is 6. The summed E-state index contributed by atoms with van der Waals surface area (Å²) in [4.78, 5) is 10.8. The van der Waals surface area contributed by atoms with Gasteiger partial charge in [0.1, 0.15) is 17.3 Å². The summed E-state index contributed by atoms with van der Waals surface area (Å²) in [6, 6.07) is 9.44. The van der Waals surface area contributed by atoms with E-state index in [1.807, 2.05) is 24.3 Å². The van der Waals surface area contributed by atoms with Crippen LogP contribution in [0.1, 0.15) is 16.1 Å². The molecule has 0 aliphatic carbocycles. The van der Waals surface area contributed by atoms with Gasteiger partial charge in [-0.1, -0.05) is 0 Å². The molecule has 0 radical (unpaired) electrons. The number of furan rings is 1. The van der Waals surface area contributed by atoms with E-state index in [2.05, 4.69) is 6.26 Å². The molecule has 0 aliphatic rings. The van der Waals surface area contributed by atoms with E-state index >= 15 is 0 Å². The van der Waals surface area contributed by atoms with Crippen LogP contribution in [0.4, 0.5) is 0 Å². The Kier molecular flexibility index (Phi) is 4.68. The Labute approximate surface area is 117 Å². The second-order valence-electron chi connectivity index (χ2n) is 4.11. The van der Waals surface area contributed by atoms with Crippen LogP contribution in [0.3, 0.4) is 0 Å². The quantitative estimate of drug-likeness (QED) is 0.594. The Morgan fingerprint density at radius 2 is 2.05 bits per heavy atom. The van der Waals surface area contributed by atoms with Crippen LogP contribution in [-0.2, 0) is 0 Å². The molecule has 4 heteroatoms. The third-order valence-corrected chi connectivity index (χ3v) is 3.35. The molecule has 0 fully saturated rings. The van der Waals surface area contributed by atoms with Crippen molar-refractivity contribution < 1.29 is 13.9 Å². The van der Waals surface area contributed by atoms with Crippen molar-refractivity contribution in [3.05, 3.63) is 41.7 Å². The van der Waals surface area contributed by atoms with Gasteiger partial charge in [-0.2, -0.15) is 11.8 Å². The first-order valence-electron chi connectivity index (χ1n) is 6.02. The number of hydrogen-bond acceptors (Lipinski definition) is 4. The number of benzene rings is 1. The van der Waals surface area contributed by atoms with E-state index in [4.69, 9.17) is 9.15 Å². The number of ether oxygens (including phenoxy) is 1. The van der Waals surface area contributed by atoms with Gasteiger partial charge in [0, 0.05) is 11.3 Å². The summed E-state index contributed by atoms with van der Waals surface area (Å²) in [7, 11) is 0. The molecule has 19 heavy (non-hydrogen) atoms. The van der Waals surface area contributed by atoms with Crippen LogP contribution in [0.15, 0.2) is 34.7 Å². The van der Waals surface area contributed by atoms with Crippen LogP contribution in [-0.4, -0.2) is 24.9 Å². The summed E-state index contributed by atoms with van der Waals surface area (Å²) in [5, 5.41) is 0. The highest BCUT2D eigenvalue weighted by molar-refractivity contribution is 7.98. The van der Waals surface area contributed by atoms with E-state index in [0.717, 1.165) is 23.4 Å². The Morgan fingerprint density at radius 3 is 2.63 bits per heavy atom. The van der Waals surface area contributed by atoms with E-state index < -0.39 is 0 Å². The lowest BCUT2D eigenvalue weighted by Crippen LogP contribution is -1.99. The van der Waals surface area contributed by atoms with Crippen molar-refractivity contribution in [1.82, 2.24) is 0 Å². The second kappa shape index (κ2) is 6.48. The van der Waals surface area contributed by atoms with E-state index in [1.54, 1.807) is 24.8 Å². The zero-order chi connectivity index (χ0) is 13.7. The molecule has 2 aromatic rings. The Hall–Kier alpha value is -1.68. The van der Waals surface area contributed by atoms with Gasteiger partial charge in [-0.3, -0.25) is 4.79 Å². The minimum absolute atomic E-state index is 0.593. The van der Waals surface area contributed by atoms with Gasteiger partial charge in [0.05, 0.1) is 12.2 Å². The van der Waals surface area contributed by atoms with Crippen LogP contribution < -0.4 is 4.74 Å². The van der Waals surface area contributed by atoms with E-state index in [0.29, 0.717) is 23.7 Å². The summed E-state index contributed by atoms with van der Waals surface area (Å²) in [6.07, 6.45) is 2.86. The van der Waals surface area contributed by atoms with Crippen LogP contribution in [0.2, 0.25) is 0 Å². The first kappa shape index (κ1) is 13.7. The lowest BCUT2D eigenvalue weighted by molar-refractivity contribution is 0.112. The fourth-order valence-corrected chi connectivity index (χ4v) is 1.96. The largest absolute Gasteiger partial charge is 0.493 e. The molecule has 2 rings (SSSR count). The normalized spacial score (nSPS) is 10.4. The average Bonchev–Trinajstić information content (AvgIpc) is 2.81. The number of hydrogen-bond donors (Lipinski definition) is 0. The molecule has 0 saturated heterocycles. The van der Waals surface area contributed by atoms with E-state index in [9.17, 15) is 4.79 Å². The topological polar surface area (TPSA) is 39.4 Å². The highest BCUT2D eigenvalue weighted by atomic mass is 32.2. The maximum Gasteiger partial charge on any atom is 0.153 e. The van der Waals surface area contributed by atoms with Crippen molar-refractivity contribution in [2.24, 2.45) is 0 Å². The third kappa shape index (κ3) is 3.41. The lowest BCUT2D eigenvalue weighted by atomic mass is 10.1. The summed E-state index contributed by atoms with van der Waals surface area (Å²) in [5.74, 6) is 3.17. The summed E-state index contributed by atoms with van der Waals surface area (Å²) in [6.45, 7) is 2.49. The monoisotopic (exact) mass is 276 g/mol. The van der Waals surface area contributed by atoms with Crippen molar-refractivity contribution in [3.8, 4) is 17.1 Å². The predicted octanol–water partition coefficient (Wildman–Crippen LogP) is 3.81. The van der Waals surface area contributed by atoms with Gasteiger partial charge in [-0.15, -0.1) is 0 Å². The van der Waals surface area contributed by atoms with Crippen molar-refractivity contribution in [2.75, 3.05) is 18.6 Å². The molecule has 0 saturated carbocycles. The zero-order valence-corrected chi connectivity index (χ0v) is 11.8. The van der Waals surface area contributed by atoms with E-state index in [-0.39, 0.29) is 0 Å². The Bertz CT molecular complexity index is 543. The van der Waals surface area contributed by atoms with Crippen LogP contribution in [0.25, 0.3) is 11.3 Å². The van der Waals surface area contributed by atoms with Gasteiger partial charge in [0.2, 0.25) is 0 Å². The summed E-state index contributed by atoms with van der Waals surface area (Å²) >= 11 is 1.75. The maximum absolute atomic E-state index is 10.8. The standard InChI is InChI=1S/C15H16O3S/c1-11-13(10-16)9-15(18-11)12-3-5-14(6-4-12)17-7-8-19-2/h3-6,9-10H,7-8H2,1-2H3. The van der Waals surface area contributed by atoms with Crippen LogP contribution in [0.5, 0.6) is 5.75 Å². The number of carbonyl (C=O) groups is 1. The molecule has 1 heterocycles. The Morgan fingerprint density at radius 1 is 1.32 bits per heavy atom. The van der Waals surface area contributed by atoms with E-state index in [1.165, 1.54) is 0 Å². The number of carbonyl (C=O) groups excluding carboxylic acids is 1. The molecule has 1 aromatic heterocycles. The number of aryl methyl sites for hydroxylation is 1. The average molecular weight is 276 g/mol. The van der Waals surface area contributed by atoms with Crippen LogP contribution in [0, 0.1) is 6.92 Å². The molecule has 0 amide bonds. The molecule has 0 bridgehead atoms. The smallest absolute Gasteiger partial charge is 0.153 e. The van der Waals surface area contributed by atoms with Gasteiger partial charge >= 0.3 is 0 Å². The molecule has 3 nitrogen and oxygen atoms in total. The van der Waals surface area contributed by atoms with Crippen molar-refractivity contribution >= 4 is 18.0 Å². The first-order chi connectivity index (χ1) is 9.24. The van der Waals surface area contributed by atoms with Gasteiger partial charge in [0.15, 0.2) is 6.29 Å². The van der Waals surface area contributed by atoms with Crippen molar-refractivity contribution in [2.45, 2.75) is 6.92 Å². The number of thioether (sulfide) groups is 1. The molecular weight excluding hydrogens is 260 g/mol. The predicted molar refractivity (Wildman–Crippen MR) is 78.1 cm³/mol. The molecule has 0 unspecified atom stereocenters. The Balaban J connectivity index is 2.10.